The summed E-state index contributed by atoms with van der Waals surface area (Å²) < 4.78 is 1.65. The number of benzene rings is 1. The maximum absolute atomic E-state index is 13.4. The van der Waals surface area contributed by atoms with Crippen molar-refractivity contribution in [3.63, 3.8) is 0 Å². The van der Waals surface area contributed by atoms with Crippen LogP contribution in [0.25, 0.3) is 10.2 Å². The van der Waals surface area contributed by atoms with Crippen LogP contribution in [0.15, 0.2) is 35.1 Å². The number of aryl methyl sites for hydroxylation is 1. The summed E-state index contributed by atoms with van der Waals surface area (Å²) >= 11 is 1.66. The number of hydrogen-bond acceptors (Lipinski definition) is 5. The van der Waals surface area contributed by atoms with E-state index in [0.29, 0.717) is 18.4 Å². The fourth-order valence-electron chi connectivity index (χ4n) is 4.02. The van der Waals surface area contributed by atoms with Crippen LogP contribution in [-0.4, -0.2) is 9.55 Å². The molecule has 0 saturated carbocycles. The number of thiophene rings is 1. The quantitative estimate of drug-likeness (QED) is 0.531. The molecule has 5 nitrogen and oxygen atoms in total. The highest BCUT2D eigenvalue weighted by Crippen LogP contribution is 2.42. The van der Waals surface area contributed by atoms with Gasteiger partial charge in [0.1, 0.15) is 4.83 Å². The van der Waals surface area contributed by atoms with Crippen LogP contribution in [0, 0.1) is 11.3 Å². The van der Waals surface area contributed by atoms with Crippen molar-refractivity contribution in [3.05, 3.63) is 56.7 Å². The van der Waals surface area contributed by atoms with Gasteiger partial charge < -0.3 is 0 Å². The van der Waals surface area contributed by atoms with Gasteiger partial charge in [0.25, 0.3) is 5.56 Å². The SMILES string of the molecule is CC(C)(C)[C@H]1CCc2c(sc3nc(NN)n(Cc4ccccc4)c(=O)c23)C1. The minimum absolute atomic E-state index is 0.00325. The lowest BCUT2D eigenvalue weighted by Crippen LogP contribution is -2.29. The van der Waals surface area contributed by atoms with Gasteiger partial charge in [0.15, 0.2) is 0 Å². The number of nitrogens with zero attached hydrogens (tertiary/aromatic N) is 2. The number of nitrogens with one attached hydrogen (secondary N) is 1. The molecule has 4 rings (SSSR count). The molecule has 0 fully saturated rings. The summed E-state index contributed by atoms with van der Waals surface area (Å²) in [6, 6.07) is 9.93. The highest BCUT2D eigenvalue weighted by atomic mass is 32.1. The molecule has 0 radical (unpaired) electrons. The molecule has 1 aromatic carbocycles. The van der Waals surface area contributed by atoms with Crippen LogP contribution in [0.5, 0.6) is 0 Å². The van der Waals surface area contributed by atoms with Gasteiger partial charge in [-0.05, 0) is 41.7 Å². The molecule has 0 spiro atoms. The number of hydrazine groups is 1. The van der Waals surface area contributed by atoms with Crippen molar-refractivity contribution in [3.8, 4) is 0 Å². The van der Waals surface area contributed by atoms with E-state index in [1.165, 1.54) is 10.4 Å². The van der Waals surface area contributed by atoms with Crippen LogP contribution >= 0.6 is 11.3 Å². The van der Waals surface area contributed by atoms with Gasteiger partial charge in [0.2, 0.25) is 5.95 Å². The first-order chi connectivity index (χ1) is 12.9. The standard InChI is InChI=1S/C21H26N4OS/c1-21(2,3)14-9-10-15-16(11-14)27-18-17(15)19(26)25(20(23-18)24-22)12-13-7-5-4-6-8-13/h4-8,14H,9-12,22H2,1-3H3,(H,23,24)/t14-/m0/s1. The molecule has 6 heteroatoms. The molecule has 0 saturated heterocycles. The van der Waals surface area contributed by atoms with Crippen molar-refractivity contribution in [1.29, 1.82) is 0 Å². The van der Waals surface area contributed by atoms with E-state index in [-0.39, 0.29) is 11.0 Å². The third kappa shape index (κ3) is 3.28. The van der Waals surface area contributed by atoms with E-state index in [9.17, 15) is 4.79 Å². The Morgan fingerprint density at radius 1 is 1.30 bits per heavy atom. The third-order valence-electron chi connectivity index (χ3n) is 5.71. The first-order valence-corrected chi connectivity index (χ1v) is 10.3. The van der Waals surface area contributed by atoms with Gasteiger partial charge in [0.05, 0.1) is 11.9 Å². The second-order valence-electron chi connectivity index (χ2n) is 8.45. The van der Waals surface area contributed by atoms with Crippen LogP contribution in [-0.2, 0) is 19.4 Å². The van der Waals surface area contributed by atoms with Gasteiger partial charge in [-0.25, -0.2) is 10.8 Å². The van der Waals surface area contributed by atoms with Crippen LogP contribution < -0.4 is 16.8 Å². The molecule has 3 N–H and O–H groups in total. The topological polar surface area (TPSA) is 72.9 Å². The van der Waals surface area contributed by atoms with Crippen molar-refractivity contribution < 1.29 is 0 Å². The summed E-state index contributed by atoms with van der Waals surface area (Å²) in [5, 5.41) is 0.789. The van der Waals surface area contributed by atoms with Gasteiger partial charge in [-0.1, -0.05) is 51.1 Å². The molecule has 0 aliphatic heterocycles. The zero-order valence-corrected chi connectivity index (χ0v) is 16.9. The molecule has 1 aliphatic carbocycles. The zero-order chi connectivity index (χ0) is 19.2. The predicted molar refractivity (Wildman–Crippen MR) is 112 cm³/mol. The number of anilines is 1. The van der Waals surface area contributed by atoms with Gasteiger partial charge in [-0.3, -0.25) is 14.8 Å². The van der Waals surface area contributed by atoms with Gasteiger partial charge >= 0.3 is 0 Å². The lowest BCUT2D eigenvalue weighted by Gasteiger charge is -2.33. The van der Waals surface area contributed by atoms with Crippen molar-refractivity contribution in [2.45, 2.75) is 46.6 Å². The second kappa shape index (κ2) is 6.77. The van der Waals surface area contributed by atoms with E-state index in [0.717, 1.165) is 35.0 Å². The Bertz CT molecular complexity index is 1030. The molecule has 142 valence electrons. The van der Waals surface area contributed by atoms with Crippen molar-refractivity contribution in [2.24, 2.45) is 17.2 Å². The molecule has 2 heterocycles. The van der Waals surface area contributed by atoms with Crippen LogP contribution in [0.4, 0.5) is 5.95 Å². The number of hydrogen-bond donors (Lipinski definition) is 2. The van der Waals surface area contributed by atoms with Crippen molar-refractivity contribution in [2.75, 3.05) is 5.43 Å². The highest BCUT2D eigenvalue weighted by molar-refractivity contribution is 7.18. The number of nitrogens with two attached hydrogens (primary N) is 1. The fourth-order valence-corrected chi connectivity index (χ4v) is 5.31. The van der Waals surface area contributed by atoms with Gasteiger partial charge in [-0.2, -0.15) is 0 Å². The molecule has 2 aromatic heterocycles. The lowest BCUT2D eigenvalue weighted by molar-refractivity contribution is 0.218. The number of nitrogen functional groups attached to an aromatic ring is 1. The molecular weight excluding hydrogens is 356 g/mol. The first-order valence-electron chi connectivity index (χ1n) is 9.44. The Balaban J connectivity index is 1.83. The maximum atomic E-state index is 13.4. The fraction of sp³-hybridized carbons (Fsp3) is 0.429. The summed E-state index contributed by atoms with van der Waals surface area (Å²) in [7, 11) is 0. The summed E-state index contributed by atoms with van der Waals surface area (Å²) in [5.41, 5.74) is 5.16. The number of fused-ring (bicyclic) bond motifs is 3. The van der Waals surface area contributed by atoms with Gasteiger partial charge in [0, 0.05) is 4.88 Å². The van der Waals surface area contributed by atoms with E-state index in [1.807, 2.05) is 30.3 Å². The molecule has 1 aliphatic rings. The van der Waals surface area contributed by atoms with E-state index in [4.69, 9.17) is 5.84 Å². The van der Waals surface area contributed by atoms with Gasteiger partial charge in [-0.15, -0.1) is 11.3 Å². The van der Waals surface area contributed by atoms with Crippen molar-refractivity contribution in [1.82, 2.24) is 9.55 Å². The molecule has 1 atom stereocenters. The molecule has 3 aromatic rings. The summed E-state index contributed by atoms with van der Waals surface area (Å²) in [6.45, 7) is 7.37. The molecule has 0 unspecified atom stereocenters. The number of rotatable bonds is 3. The van der Waals surface area contributed by atoms with E-state index < -0.39 is 0 Å². The van der Waals surface area contributed by atoms with Crippen LogP contribution in [0.2, 0.25) is 0 Å². The summed E-state index contributed by atoms with van der Waals surface area (Å²) in [4.78, 5) is 20.2. The van der Waals surface area contributed by atoms with Crippen LogP contribution in [0.3, 0.4) is 0 Å². The zero-order valence-electron chi connectivity index (χ0n) is 16.1. The maximum Gasteiger partial charge on any atom is 0.264 e. The Morgan fingerprint density at radius 3 is 2.70 bits per heavy atom. The third-order valence-corrected chi connectivity index (χ3v) is 6.85. The Hall–Kier alpha value is -2.18. The Morgan fingerprint density at radius 2 is 2.04 bits per heavy atom. The summed E-state index contributed by atoms with van der Waals surface area (Å²) in [5.74, 6) is 6.75. The average Bonchev–Trinajstić information content (AvgIpc) is 3.01. The van der Waals surface area contributed by atoms with E-state index in [1.54, 1.807) is 15.9 Å². The Kier molecular flexibility index (Phi) is 4.56. The Labute approximate surface area is 163 Å². The normalized spacial score (nSPS) is 17.1. The van der Waals surface area contributed by atoms with E-state index in [2.05, 4.69) is 31.2 Å². The summed E-state index contributed by atoms with van der Waals surface area (Å²) in [6.07, 6.45) is 3.11. The van der Waals surface area contributed by atoms with E-state index >= 15 is 0 Å². The first kappa shape index (κ1) is 18.2. The predicted octanol–water partition coefficient (Wildman–Crippen LogP) is 3.94. The average molecular weight is 383 g/mol. The molecule has 27 heavy (non-hydrogen) atoms. The van der Waals surface area contributed by atoms with Crippen molar-refractivity contribution >= 4 is 27.5 Å². The lowest BCUT2D eigenvalue weighted by atomic mass is 9.72. The van der Waals surface area contributed by atoms with Crippen LogP contribution in [0.1, 0.15) is 43.2 Å². The smallest absolute Gasteiger partial charge is 0.264 e. The second-order valence-corrected chi connectivity index (χ2v) is 9.53. The molecule has 0 amide bonds. The largest absolute Gasteiger partial charge is 0.294 e. The molecular formula is C21H26N4OS. The molecule has 0 bridgehead atoms. The number of aromatic nitrogens is 2. The highest BCUT2D eigenvalue weighted by Gasteiger charge is 2.32. The minimum Gasteiger partial charge on any atom is -0.294 e. The minimum atomic E-state index is 0.00325. The monoisotopic (exact) mass is 382 g/mol.